The zero-order valence-electron chi connectivity index (χ0n) is 27.9. The number of nitrogens with zero attached hydrogens (tertiary/aromatic N) is 5. The predicted octanol–water partition coefficient (Wildman–Crippen LogP) is 11.9. The van der Waals surface area contributed by atoms with Crippen LogP contribution in [0.4, 0.5) is 0 Å². The number of hydrogen-bond donors (Lipinski definition) is 0. The van der Waals surface area contributed by atoms with E-state index in [4.69, 9.17) is 9.97 Å². The average molecular weight is 684 g/mol. The van der Waals surface area contributed by atoms with Crippen molar-refractivity contribution in [1.82, 2.24) is 24.5 Å². The van der Waals surface area contributed by atoms with Crippen molar-refractivity contribution < 1.29 is 0 Å². The second kappa shape index (κ2) is 12.5. The monoisotopic (exact) mass is 683 g/mol. The van der Waals surface area contributed by atoms with Crippen LogP contribution >= 0.6 is 11.3 Å². The molecule has 244 valence electrons. The fourth-order valence-electron chi connectivity index (χ4n) is 7.10. The third-order valence-corrected chi connectivity index (χ3v) is 10.9. The van der Waals surface area contributed by atoms with Crippen LogP contribution in [0.5, 0.6) is 0 Å². The Morgan fingerprint density at radius 1 is 0.442 bits per heavy atom. The molecule has 10 aromatic rings. The smallest absolute Gasteiger partial charge is 0.160 e. The summed E-state index contributed by atoms with van der Waals surface area (Å²) < 4.78 is 3.70. The predicted molar refractivity (Wildman–Crippen MR) is 215 cm³/mol. The van der Waals surface area contributed by atoms with Gasteiger partial charge in [0.25, 0.3) is 0 Å². The number of pyridine rings is 2. The standard InChI is InChI=1S/C46H29N5S/c1-2-6-34(7-3-1)43-28-36-16-19-42-44(45(36)52-43)38-8-4-5-9-41(38)51(42)37-17-14-33(15-18-37)40-29-39(49-46(50-40)35-22-26-48-27-23-35)32-12-10-30(11-13-32)31-20-24-47-25-21-31/h1-29H. The van der Waals surface area contributed by atoms with Gasteiger partial charge < -0.3 is 4.57 Å². The van der Waals surface area contributed by atoms with E-state index >= 15 is 0 Å². The van der Waals surface area contributed by atoms with E-state index in [1.807, 2.05) is 48.0 Å². The van der Waals surface area contributed by atoms with Crippen LogP contribution in [-0.2, 0) is 0 Å². The zero-order chi connectivity index (χ0) is 34.4. The molecule has 52 heavy (non-hydrogen) atoms. The maximum absolute atomic E-state index is 5.07. The highest BCUT2D eigenvalue weighted by Crippen LogP contribution is 2.43. The molecule has 5 aromatic heterocycles. The Morgan fingerprint density at radius 3 is 1.75 bits per heavy atom. The van der Waals surface area contributed by atoms with Crippen molar-refractivity contribution in [3.05, 3.63) is 176 Å². The molecule has 0 aliphatic heterocycles. The molecule has 0 atom stereocenters. The van der Waals surface area contributed by atoms with Gasteiger partial charge in [0.15, 0.2) is 5.82 Å². The minimum absolute atomic E-state index is 0.662. The summed E-state index contributed by atoms with van der Waals surface area (Å²) in [5, 5.41) is 3.82. The largest absolute Gasteiger partial charge is 0.309 e. The number of benzene rings is 5. The van der Waals surface area contributed by atoms with Gasteiger partial charge in [-0.2, -0.15) is 0 Å². The van der Waals surface area contributed by atoms with E-state index < -0.39 is 0 Å². The topological polar surface area (TPSA) is 56.5 Å². The fourth-order valence-corrected chi connectivity index (χ4v) is 8.33. The van der Waals surface area contributed by atoms with Crippen LogP contribution in [0, 0.1) is 0 Å². The van der Waals surface area contributed by atoms with Crippen molar-refractivity contribution >= 4 is 43.2 Å². The van der Waals surface area contributed by atoms with E-state index in [1.54, 1.807) is 12.4 Å². The maximum atomic E-state index is 5.07. The second-order valence-electron chi connectivity index (χ2n) is 12.8. The van der Waals surface area contributed by atoms with Crippen LogP contribution in [0.2, 0.25) is 0 Å². The van der Waals surface area contributed by atoms with Crippen molar-refractivity contribution in [2.45, 2.75) is 0 Å². The van der Waals surface area contributed by atoms with Gasteiger partial charge in [0.2, 0.25) is 0 Å². The minimum atomic E-state index is 0.662. The third-order valence-electron chi connectivity index (χ3n) is 9.66. The van der Waals surface area contributed by atoms with Crippen molar-refractivity contribution in [2.24, 2.45) is 0 Å². The van der Waals surface area contributed by atoms with Crippen LogP contribution in [0.25, 0.3) is 93.0 Å². The molecule has 0 saturated carbocycles. The summed E-state index contributed by atoms with van der Waals surface area (Å²) >= 11 is 1.87. The lowest BCUT2D eigenvalue weighted by atomic mass is 10.0. The van der Waals surface area contributed by atoms with Crippen LogP contribution in [0.1, 0.15) is 0 Å². The van der Waals surface area contributed by atoms with Crippen LogP contribution in [-0.4, -0.2) is 24.5 Å². The van der Waals surface area contributed by atoms with Gasteiger partial charge in [0.1, 0.15) is 0 Å². The van der Waals surface area contributed by atoms with Gasteiger partial charge in [-0.05, 0) is 82.7 Å². The Balaban J connectivity index is 1.07. The molecule has 0 bridgehead atoms. The minimum Gasteiger partial charge on any atom is -0.309 e. The molecule has 0 fully saturated rings. The first-order chi connectivity index (χ1) is 25.8. The molecule has 10 rings (SSSR count). The van der Waals surface area contributed by atoms with Crippen LogP contribution < -0.4 is 0 Å². The second-order valence-corrected chi connectivity index (χ2v) is 13.8. The SMILES string of the molecule is c1ccc(-c2cc3ccc4c(c5ccccc5n4-c4ccc(-c5cc(-c6ccc(-c7ccncc7)cc6)nc(-c6ccncc6)n5)cc4)c3s2)cc1. The lowest BCUT2D eigenvalue weighted by Gasteiger charge is -2.12. The number of para-hydroxylation sites is 1. The molecule has 0 saturated heterocycles. The number of fused-ring (bicyclic) bond motifs is 5. The van der Waals surface area contributed by atoms with E-state index in [-0.39, 0.29) is 0 Å². The average Bonchev–Trinajstić information content (AvgIpc) is 3.82. The Morgan fingerprint density at radius 2 is 1.04 bits per heavy atom. The molecular weight excluding hydrogens is 655 g/mol. The van der Waals surface area contributed by atoms with E-state index in [2.05, 4.69) is 142 Å². The number of hydrogen-bond acceptors (Lipinski definition) is 5. The van der Waals surface area contributed by atoms with E-state index in [9.17, 15) is 0 Å². The molecule has 6 heteroatoms. The van der Waals surface area contributed by atoms with E-state index in [0.717, 1.165) is 44.9 Å². The molecule has 5 nitrogen and oxygen atoms in total. The Hall–Kier alpha value is -6.76. The summed E-state index contributed by atoms with van der Waals surface area (Å²) in [5.41, 5.74) is 11.7. The van der Waals surface area contributed by atoms with E-state index in [1.165, 1.54) is 42.3 Å². The van der Waals surface area contributed by atoms with Crippen molar-refractivity contribution in [1.29, 1.82) is 0 Å². The molecule has 5 aromatic carbocycles. The molecule has 0 spiro atoms. The van der Waals surface area contributed by atoms with Crippen molar-refractivity contribution in [2.75, 3.05) is 0 Å². The zero-order valence-corrected chi connectivity index (χ0v) is 28.7. The third kappa shape index (κ3) is 5.25. The first kappa shape index (κ1) is 30.1. The molecular formula is C46H29N5S. The lowest BCUT2D eigenvalue weighted by molar-refractivity contribution is 1.17. The number of aromatic nitrogens is 5. The summed E-state index contributed by atoms with van der Waals surface area (Å²) in [4.78, 5) is 19.7. The number of rotatable bonds is 6. The molecule has 0 amide bonds. The van der Waals surface area contributed by atoms with Crippen molar-refractivity contribution in [3.63, 3.8) is 0 Å². The summed E-state index contributed by atoms with van der Waals surface area (Å²) in [6.07, 6.45) is 7.19. The summed E-state index contributed by atoms with van der Waals surface area (Å²) in [5.74, 6) is 0.662. The molecule has 0 radical (unpaired) electrons. The lowest BCUT2D eigenvalue weighted by Crippen LogP contribution is -1.97. The molecule has 0 aliphatic carbocycles. The summed E-state index contributed by atoms with van der Waals surface area (Å²) in [7, 11) is 0. The fraction of sp³-hybridized carbons (Fsp3) is 0. The first-order valence-electron chi connectivity index (χ1n) is 17.2. The van der Waals surface area contributed by atoms with Gasteiger partial charge >= 0.3 is 0 Å². The maximum Gasteiger partial charge on any atom is 0.160 e. The Bertz CT molecular complexity index is 2860. The van der Waals surface area contributed by atoms with Gasteiger partial charge in [-0.15, -0.1) is 11.3 Å². The van der Waals surface area contributed by atoms with Gasteiger partial charge in [-0.3, -0.25) is 9.97 Å². The Labute approximate surface area is 304 Å². The molecule has 0 aliphatic rings. The molecule has 0 N–H and O–H groups in total. The number of thiophene rings is 1. The normalized spacial score (nSPS) is 11.5. The van der Waals surface area contributed by atoms with Crippen LogP contribution in [0.3, 0.4) is 0 Å². The quantitative estimate of drug-likeness (QED) is 0.175. The Kier molecular flexibility index (Phi) is 7.25. The first-order valence-corrected chi connectivity index (χ1v) is 18.0. The highest BCUT2D eigenvalue weighted by atomic mass is 32.1. The summed E-state index contributed by atoms with van der Waals surface area (Å²) in [6.45, 7) is 0. The highest BCUT2D eigenvalue weighted by molar-refractivity contribution is 7.23. The van der Waals surface area contributed by atoms with Gasteiger partial charge in [-0.25, -0.2) is 9.97 Å². The van der Waals surface area contributed by atoms with Crippen LogP contribution in [0.15, 0.2) is 176 Å². The molecule has 5 heterocycles. The highest BCUT2D eigenvalue weighted by Gasteiger charge is 2.18. The summed E-state index contributed by atoms with van der Waals surface area (Å²) in [6, 6.07) is 53.5. The molecule has 0 unspecified atom stereocenters. The van der Waals surface area contributed by atoms with Crippen molar-refractivity contribution in [3.8, 4) is 61.2 Å². The van der Waals surface area contributed by atoms with E-state index in [0.29, 0.717) is 5.82 Å². The van der Waals surface area contributed by atoms with Gasteiger partial charge in [0.05, 0.1) is 22.4 Å². The van der Waals surface area contributed by atoms with Gasteiger partial charge in [0, 0.05) is 67.5 Å². The van der Waals surface area contributed by atoms with Gasteiger partial charge in [-0.1, -0.05) is 91.0 Å².